The van der Waals surface area contributed by atoms with Crippen LogP contribution in [0.4, 0.5) is 0 Å². The normalized spacial score (nSPS) is 17.1. The molecule has 1 fully saturated rings. The van der Waals surface area contributed by atoms with Gasteiger partial charge in [-0.25, -0.2) is 0 Å². The first-order chi connectivity index (χ1) is 13.1. The molecule has 4 rings (SSSR count). The van der Waals surface area contributed by atoms with E-state index in [-0.39, 0.29) is 12.0 Å². The number of carboxylic acid groups (broad SMARTS) is 1. The lowest BCUT2D eigenvalue weighted by molar-refractivity contribution is -0.143. The predicted molar refractivity (Wildman–Crippen MR) is 109 cm³/mol. The van der Waals surface area contributed by atoms with Crippen LogP contribution in [-0.4, -0.2) is 29.1 Å². The number of fused-ring (bicyclic) bond motifs is 1. The first kappa shape index (κ1) is 18.0. The Morgan fingerprint density at radius 2 is 1.63 bits per heavy atom. The number of aliphatic carboxylic acids is 1. The van der Waals surface area contributed by atoms with Gasteiger partial charge in [0.1, 0.15) is 0 Å². The fraction of sp³-hybridized carbons (Fsp3) is 0.261. The van der Waals surface area contributed by atoms with Gasteiger partial charge in [-0.3, -0.25) is 9.69 Å². The SMILES string of the molecule is O=C(O)C1CCN(C(c2ccc3ccccc3c2)c2ccccc2Cl)CC1. The number of carbonyl (C=O) groups is 1. The number of benzene rings is 3. The number of carboxylic acids is 1. The standard InChI is InChI=1S/C23H22ClNO2/c24-21-8-4-3-7-20(21)22(25-13-11-17(12-14-25)23(26)27)19-10-9-16-5-1-2-6-18(16)15-19/h1-10,15,17,22H,11-14H2,(H,26,27). The molecule has 3 aromatic rings. The van der Waals surface area contributed by atoms with Crippen LogP contribution in [0.2, 0.25) is 5.02 Å². The van der Waals surface area contributed by atoms with Gasteiger partial charge in [0.2, 0.25) is 0 Å². The van der Waals surface area contributed by atoms with E-state index in [1.807, 2.05) is 24.3 Å². The van der Waals surface area contributed by atoms with Gasteiger partial charge in [0, 0.05) is 5.02 Å². The summed E-state index contributed by atoms with van der Waals surface area (Å²) in [5.74, 6) is -0.931. The minimum Gasteiger partial charge on any atom is -0.481 e. The number of hydrogen-bond donors (Lipinski definition) is 1. The lowest BCUT2D eigenvalue weighted by Crippen LogP contribution is -2.39. The van der Waals surface area contributed by atoms with E-state index in [0.717, 1.165) is 23.7 Å². The number of piperidine rings is 1. The van der Waals surface area contributed by atoms with Crippen molar-refractivity contribution >= 4 is 28.3 Å². The van der Waals surface area contributed by atoms with E-state index in [1.165, 1.54) is 16.3 Å². The molecule has 0 aliphatic carbocycles. The molecule has 1 N–H and O–H groups in total. The van der Waals surface area contributed by atoms with Gasteiger partial charge in [-0.15, -0.1) is 0 Å². The summed E-state index contributed by atoms with van der Waals surface area (Å²) >= 11 is 6.56. The molecule has 0 radical (unpaired) electrons. The summed E-state index contributed by atoms with van der Waals surface area (Å²) in [6.07, 6.45) is 1.34. The second-order valence-corrected chi connectivity index (χ2v) is 7.59. The van der Waals surface area contributed by atoms with E-state index in [1.54, 1.807) is 0 Å². The maximum Gasteiger partial charge on any atom is 0.306 e. The van der Waals surface area contributed by atoms with Gasteiger partial charge in [-0.1, -0.05) is 66.2 Å². The zero-order chi connectivity index (χ0) is 18.8. The van der Waals surface area contributed by atoms with E-state index in [4.69, 9.17) is 11.6 Å². The Balaban J connectivity index is 1.74. The third-order valence-electron chi connectivity index (χ3n) is 5.53. The third-order valence-corrected chi connectivity index (χ3v) is 5.88. The van der Waals surface area contributed by atoms with Gasteiger partial charge in [0.15, 0.2) is 0 Å². The number of likely N-dealkylation sites (tertiary alicyclic amines) is 1. The van der Waals surface area contributed by atoms with Gasteiger partial charge >= 0.3 is 5.97 Å². The number of nitrogens with zero attached hydrogens (tertiary/aromatic N) is 1. The molecule has 1 saturated heterocycles. The molecule has 0 aromatic heterocycles. The average molecular weight is 380 g/mol. The van der Waals surface area contributed by atoms with E-state index in [0.29, 0.717) is 12.8 Å². The van der Waals surface area contributed by atoms with Crippen molar-refractivity contribution in [3.05, 3.63) is 82.9 Å². The molecule has 1 atom stereocenters. The van der Waals surface area contributed by atoms with Crippen LogP contribution < -0.4 is 0 Å². The minimum atomic E-state index is -0.686. The highest BCUT2D eigenvalue weighted by molar-refractivity contribution is 6.31. The molecular formula is C23H22ClNO2. The summed E-state index contributed by atoms with van der Waals surface area (Å²) < 4.78 is 0. The summed E-state index contributed by atoms with van der Waals surface area (Å²) in [5, 5.41) is 12.5. The summed E-state index contributed by atoms with van der Waals surface area (Å²) in [5.41, 5.74) is 2.26. The molecule has 27 heavy (non-hydrogen) atoms. The monoisotopic (exact) mass is 379 g/mol. The van der Waals surface area contributed by atoms with Gasteiger partial charge in [0.05, 0.1) is 12.0 Å². The maximum absolute atomic E-state index is 11.3. The van der Waals surface area contributed by atoms with E-state index < -0.39 is 5.97 Å². The highest BCUT2D eigenvalue weighted by Gasteiger charge is 2.31. The summed E-state index contributed by atoms with van der Waals surface area (Å²) in [6, 6.07) is 22.9. The quantitative estimate of drug-likeness (QED) is 0.661. The average Bonchev–Trinajstić information content (AvgIpc) is 2.70. The zero-order valence-electron chi connectivity index (χ0n) is 15.0. The molecule has 3 nitrogen and oxygen atoms in total. The van der Waals surface area contributed by atoms with E-state index >= 15 is 0 Å². The van der Waals surface area contributed by atoms with Gasteiger partial charge in [-0.05, 0) is 60.0 Å². The van der Waals surface area contributed by atoms with Crippen LogP contribution in [0, 0.1) is 5.92 Å². The molecule has 1 unspecified atom stereocenters. The van der Waals surface area contributed by atoms with Gasteiger partial charge < -0.3 is 5.11 Å². The van der Waals surface area contributed by atoms with Crippen molar-refractivity contribution in [2.45, 2.75) is 18.9 Å². The molecule has 1 heterocycles. The van der Waals surface area contributed by atoms with Crippen molar-refractivity contribution < 1.29 is 9.90 Å². The van der Waals surface area contributed by atoms with Gasteiger partial charge in [-0.2, -0.15) is 0 Å². The van der Waals surface area contributed by atoms with Crippen LogP contribution in [0.5, 0.6) is 0 Å². The first-order valence-electron chi connectivity index (χ1n) is 9.33. The maximum atomic E-state index is 11.3. The second-order valence-electron chi connectivity index (χ2n) is 7.18. The largest absolute Gasteiger partial charge is 0.481 e. The van der Waals surface area contributed by atoms with Gasteiger partial charge in [0.25, 0.3) is 0 Å². The first-order valence-corrected chi connectivity index (χ1v) is 9.71. The summed E-state index contributed by atoms with van der Waals surface area (Å²) in [6.45, 7) is 1.50. The van der Waals surface area contributed by atoms with Crippen molar-refractivity contribution in [2.24, 2.45) is 5.92 Å². The lowest BCUT2D eigenvalue weighted by Gasteiger charge is -2.37. The fourth-order valence-electron chi connectivity index (χ4n) is 4.07. The number of hydrogen-bond acceptors (Lipinski definition) is 2. The van der Waals surface area contributed by atoms with Crippen molar-refractivity contribution in [1.29, 1.82) is 0 Å². The Hall–Kier alpha value is -2.36. The van der Waals surface area contributed by atoms with Crippen molar-refractivity contribution in [1.82, 2.24) is 4.90 Å². The molecule has 0 bridgehead atoms. The van der Waals surface area contributed by atoms with Crippen LogP contribution in [0.15, 0.2) is 66.7 Å². The molecule has 0 saturated carbocycles. The Morgan fingerprint density at radius 3 is 2.33 bits per heavy atom. The lowest BCUT2D eigenvalue weighted by atomic mass is 9.90. The zero-order valence-corrected chi connectivity index (χ0v) is 15.8. The molecule has 0 amide bonds. The molecule has 1 aliphatic rings. The molecule has 4 heteroatoms. The smallest absolute Gasteiger partial charge is 0.306 e. The van der Waals surface area contributed by atoms with Crippen LogP contribution >= 0.6 is 11.6 Å². The third kappa shape index (κ3) is 3.71. The van der Waals surface area contributed by atoms with Crippen LogP contribution in [0.1, 0.15) is 30.0 Å². The van der Waals surface area contributed by atoms with E-state index in [9.17, 15) is 9.90 Å². The fourth-order valence-corrected chi connectivity index (χ4v) is 4.31. The second kappa shape index (κ2) is 7.71. The van der Waals surface area contributed by atoms with Crippen LogP contribution in [0.25, 0.3) is 10.8 Å². The van der Waals surface area contributed by atoms with Crippen LogP contribution in [-0.2, 0) is 4.79 Å². The predicted octanol–water partition coefficient (Wildman–Crippen LogP) is 5.38. The Morgan fingerprint density at radius 1 is 0.963 bits per heavy atom. The summed E-state index contributed by atoms with van der Waals surface area (Å²) in [4.78, 5) is 13.7. The highest BCUT2D eigenvalue weighted by Crippen LogP contribution is 2.36. The number of halogens is 1. The Bertz CT molecular complexity index is 963. The molecule has 138 valence electrons. The highest BCUT2D eigenvalue weighted by atomic mass is 35.5. The molecule has 0 spiro atoms. The van der Waals surface area contributed by atoms with Crippen molar-refractivity contribution in [3.8, 4) is 0 Å². The minimum absolute atomic E-state index is 0.0260. The van der Waals surface area contributed by atoms with E-state index in [2.05, 4.69) is 47.4 Å². The molecular weight excluding hydrogens is 358 g/mol. The Labute approximate surface area is 164 Å². The molecule has 3 aromatic carbocycles. The van der Waals surface area contributed by atoms with Crippen molar-refractivity contribution in [3.63, 3.8) is 0 Å². The number of rotatable bonds is 4. The van der Waals surface area contributed by atoms with Crippen LogP contribution in [0.3, 0.4) is 0 Å². The Kier molecular flexibility index (Phi) is 5.15. The molecule has 1 aliphatic heterocycles. The summed E-state index contributed by atoms with van der Waals surface area (Å²) in [7, 11) is 0. The van der Waals surface area contributed by atoms with Crippen molar-refractivity contribution in [2.75, 3.05) is 13.1 Å². The topological polar surface area (TPSA) is 40.5 Å².